The number of hydrogen-bond donors (Lipinski definition) is 2. The fourth-order valence-corrected chi connectivity index (χ4v) is 2.01. The second kappa shape index (κ2) is 3.05. The summed E-state index contributed by atoms with van der Waals surface area (Å²) in [7, 11) is 0. The van der Waals surface area contributed by atoms with Crippen molar-refractivity contribution in [1.82, 2.24) is 4.90 Å². The zero-order valence-corrected chi connectivity index (χ0v) is 7.72. The van der Waals surface area contributed by atoms with Crippen LogP contribution >= 0.6 is 0 Å². The molecule has 0 aromatic rings. The van der Waals surface area contributed by atoms with Crippen LogP contribution in [0.5, 0.6) is 0 Å². The SMILES string of the molecule is C=CCN1C(=O)C[C@]2(O)[C@H](O)CO[C@H]12. The van der Waals surface area contributed by atoms with Gasteiger partial charge in [-0.3, -0.25) is 4.79 Å². The van der Waals surface area contributed by atoms with Gasteiger partial charge in [0.2, 0.25) is 5.91 Å². The molecular weight excluding hydrogens is 186 g/mol. The van der Waals surface area contributed by atoms with Gasteiger partial charge < -0.3 is 19.8 Å². The number of carbonyl (C=O) groups excluding carboxylic acids is 1. The summed E-state index contributed by atoms with van der Waals surface area (Å²) in [6, 6.07) is 0. The lowest BCUT2D eigenvalue weighted by molar-refractivity contribution is -0.135. The van der Waals surface area contributed by atoms with Crippen molar-refractivity contribution in [2.75, 3.05) is 13.2 Å². The van der Waals surface area contributed by atoms with Gasteiger partial charge in [0.05, 0.1) is 13.0 Å². The highest BCUT2D eigenvalue weighted by Gasteiger charge is 2.59. The number of nitrogens with zero attached hydrogens (tertiary/aromatic N) is 1. The van der Waals surface area contributed by atoms with Gasteiger partial charge in [-0.25, -0.2) is 0 Å². The van der Waals surface area contributed by atoms with Crippen LogP contribution in [0.3, 0.4) is 0 Å². The number of amides is 1. The van der Waals surface area contributed by atoms with Crippen LogP contribution in [0.25, 0.3) is 0 Å². The predicted octanol–water partition coefficient (Wildman–Crippen LogP) is -1.15. The first-order valence-electron chi connectivity index (χ1n) is 4.52. The smallest absolute Gasteiger partial charge is 0.228 e. The molecule has 2 N–H and O–H groups in total. The molecule has 2 rings (SSSR count). The summed E-state index contributed by atoms with van der Waals surface area (Å²) in [6.07, 6.45) is -0.209. The highest BCUT2D eigenvalue weighted by atomic mass is 16.6. The van der Waals surface area contributed by atoms with Crippen molar-refractivity contribution in [1.29, 1.82) is 0 Å². The van der Waals surface area contributed by atoms with Crippen LogP contribution in [0.2, 0.25) is 0 Å². The highest BCUT2D eigenvalue weighted by molar-refractivity contribution is 5.81. The minimum absolute atomic E-state index is 0.0715. The molecule has 1 amide bonds. The molecule has 0 spiro atoms. The van der Waals surface area contributed by atoms with Crippen LogP contribution in [0, 0.1) is 0 Å². The third-order valence-corrected chi connectivity index (χ3v) is 2.78. The van der Waals surface area contributed by atoms with E-state index in [1.807, 2.05) is 0 Å². The molecule has 5 nitrogen and oxygen atoms in total. The normalized spacial score (nSPS) is 41.6. The zero-order valence-electron chi connectivity index (χ0n) is 7.72. The van der Waals surface area contributed by atoms with Crippen molar-refractivity contribution >= 4 is 5.91 Å². The summed E-state index contributed by atoms with van der Waals surface area (Å²) in [5.41, 5.74) is -1.43. The Morgan fingerprint density at radius 3 is 3.14 bits per heavy atom. The molecule has 14 heavy (non-hydrogen) atoms. The molecule has 0 aliphatic carbocycles. The van der Waals surface area contributed by atoms with E-state index in [4.69, 9.17) is 4.74 Å². The van der Waals surface area contributed by atoms with E-state index in [0.29, 0.717) is 6.54 Å². The Bertz CT molecular complexity index is 280. The van der Waals surface area contributed by atoms with Crippen molar-refractivity contribution < 1.29 is 19.7 Å². The number of carbonyl (C=O) groups is 1. The summed E-state index contributed by atoms with van der Waals surface area (Å²) < 4.78 is 5.19. The summed E-state index contributed by atoms with van der Waals surface area (Å²) in [5, 5.41) is 19.5. The highest BCUT2D eigenvalue weighted by Crippen LogP contribution is 2.38. The van der Waals surface area contributed by atoms with Crippen LogP contribution < -0.4 is 0 Å². The molecule has 2 aliphatic heterocycles. The molecule has 0 unspecified atom stereocenters. The van der Waals surface area contributed by atoms with Gasteiger partial charge in [-0.2, -0.15) is 0 Å². The number of aliphatic hydroxyl groups is 2. The summed E-state index contributed by atoms with van der Waals surface area (Å²) >= 11 is 0. The van der Waals surface area contributed by atoms with E-state index < -0.39 is 17.9 Å². The van der Waals surface area contributed by atoms with Gasteiger partial charge in [0.15, 0.2) is 6.23 Å². The van der Waals surface area contributed by atoms with E-state index in [-0.39, 0.29) is 18.9 Å². The molecule has 3 atom stereocenters. The van der Waals surface area contributed by atoms with Crippen LogP contribution in [0.4, 0.5) is 0 Å². The van der Waals surface area contributed by atoms with Gasteiger partial charge in [-0.1, -0.05) is 6.08 Å². The van der Waals surface area contributed by atoms with Crippen molar-refractivity contribution in [3.63, 3.8) is 0 Å². The third kappa shape index (κ3) is 1.10. The maximum Gasteiger partial charge on any atom is 0.228 e. The Kier molecular flexibility index (Phi) is 2.10. The number of likely N-dealkylation sites (tertiary alicyclic amines) is 1. The Balaban J connectivity index is 2.24. The van der Waals surface area contributed by atoms with E-state index in [0.717, 1.165) is 0 Å². The Hall–Kier alpha value is -0.910. The Morgan fingerprint density at radius 2 is 2.50 bits per heavy atom. The average Bonchev–Trinajstić information content (AvgIpc) is 2.52. The van der Waals surface area contributed by atoms with Crippen LogP contribution in [0.1, 0.15) is 6.42 Å². The minimum Gasteiger partial charge on any atom is -0.387 e. The summed E-state index contributed by atoms with van der Waals surface area (Å²) in [4.78, 5) is 12.8. The molecule has 0 aromatic carbocycles. The lowest BCUT2D eigenvalue weighted by atomic mass is 9.97. The zero-order chi connectivity index (χ0) is 10.3. The summed E-state index contributed by atoms with van der Waals surface area (Å²) in [5.74, 6) is -0.212. The number of fused-ring (bicyclic) bond motifs is 1. The fraction of sp³-hybridized carbons (Fsp3) is 0.667. The van der Waals surface area contributed by atoms with E-state index in [1.165, 1.54) is 4.90 Å². The van der Waals surface area contributed by atoms with Gasteiger partial charge in [0, 0.05) is 6.54 Å². The molecule has 5 heteroatoms. The average molecular weight is 199 g/mol. The lowest BCUT2D eigenvalue weighted by Crippen LogP contribution is -2.47. The first-order valence-corrected chi connectivity index (χ1v) is 4.52. The first-order chi connectivity index (χ1) is 6.59. The Labute approximate surface area is 81.6 Å². The standard InChI is InChI=1S/C9H13NO4/c1-2-3-10-7(12)4-9(13)6(11)5-14-8(9)10/h2,6,8,11,13H,1,3-5H2/t6-,8+,9+/m1/s1. The van der Waals surface area contributed by atoms with E-state index in [1.54, 1.807) is 6.08 Å². The van der Waals surface area contributed by atoms with Crippen LogP contribution in [-0.4, -0.2) is 52.1 Å². The van der Waals surface area contributed by atoms with E-state index in [9.17, 15) is 15.0 Å². The maximum atomic E-state index is 11.5. The number of ether oxygens (including phenoxy) is 1. The van der Waals surface area contributed by atoms with E-state index >= 15 is 0 Å². The van der Waals surface area contributed by atoms with Crippen molar-refractivity contribution in [3.05, 3.63) is 12.7 Å². The van der Waals surface area contributed by atoms with Gasteiger partial charge in [0.1, 0.15) is 11.7 Å². The Morgan fingerprint density at radius 1 is 1.79 bits per heavy atom. The van der Waals surface area contributed by atoms with Gasteiger partial charge in [0.25, 0.3) is 0 Å². The monoisotopic (exact) mass is 199 g/mol. The summed E-state index contributed by atoms with van der Waals surface area (Å²) in [6.45, 7) is 3.92. The molecule has 2 aliphatic rings. The quantitative estimate of drug-likeness (QED) is 0.551. The molecular formula is C9H13NO4. The molecule has 0 radical (unpaired) electrons. The van der Waals surface area contributed by atoms with Gasteiger partial charge in [-0.15, -0.1) is 6.58 Å². The van der Waals surface area contributed by atoms with Crippen molar-refractivity contribution in [2.45, 2.75) is 24.4 Å². The van der Waals surface area contributed by atoms with Crippen LogP contribution in [-0.2, 0) is 9.53 Å². The molecule has 2 saturated heterocycles. The van der Waals surface area contributed by atoms with E-state index in [2.05, 4.69) is 6.58 Å². The molecule has 2 fully saturated rings. The van der Waals surface area contributed by atoms with Gasteiger partial charge in [-0.05, 0) is 0 Å². The van der Waals surface area contributed by atoms with Crippen molar-refractivity contribution in [3.8, 4) is 0 Å². The number of rotatable bonds is 2. The fourth-order valence-electron chi connectivity index (χ4n) is 2.01. The first kappa shape index (κ1) is 9.64. The molecule has 0 aromatic heterocycles. The second-order valence-electron chi connectivity index (χ2n) is 3.70. The van der Waals surface area contributed by atoms with Gasteiger partial charge >= 0.3 is 0 Å². The minimum atomic E-state index is -1.43. The molecule has 78 valence electrons. The van der Waals surface area contributed by atoms with Crippen molar-refractivity contribution in [2.24, 2.45) is 0 Å². The molecule has 2 heterocycles. The topological polar surface area (TPSA) is 70.0 Å². The third-order valence-electron chi connectivity index (χ3n) is 2.78. The largest absolute Gasteiger partial charge is 0.387 e. The molecule has 0 saturated carbocycles. The molecule has 0 bridgehead atoms. The number of aliphatic hydroxyl groups excluding tert-OH is 1. The maximum absolute atomic E-state index is 11.5. The number of hydrogen-bond acceptors (Lipinski definition) is 4. The second-order valence-corrected chi connectivity index (χ2v) is 3.70. The van der Waals surface area contributed by atoms with Crippen LogP contribution in [0.15, 0.2) is 12.7 Å². The lowest BCUT2D eigenvalue weighted by Gasteiger charge is -2.26. The predicted molar refractivity (Wildman–Crippen MR) is 47.2 cm³/mol.